The number of carboxylic acid groups (broad SMARTS) is 1. The second-order valence-electron chi connectivity index (χ2n) is 3.28. The minimum Gasteiger partial charge on any atom is -0.478 e. The van der Waals surface area contributed by atoms with Gasteiger partial charge < -0.3 is 5.11 Å². The van der Waals surface area contributed by atoms with Crippen LogP contribution < -0.4 is 0 Å². The van der Waals surface area contributed by atoms with Gasteiger partial charge in [-0.05, 0) is 24.0 Å². The molecule has 0 radical (unpaired) electrons. The lowest BCUT2D eigenvalue weighted by atomic mass is 10.1. The first-order valence-electron chi connectivity index (χ1n) is 4.97. The van der Waals surface area contributed by atoms with Crippen molar-refractivity contribution in [1.82, 2.24) is 4.98 Å². The molecule has 1 heterocycles. The lowest BCUT2D eigenvalue weighted by Crippen LogP contribution is -1.99. The lowest BCUT2D eigenvalue weighted by molar-refractivity contribution is 0.0698. The molecule has 1 aromatic carbocycles. The monoisotopic (exact) mass is 233 g/mol. The Kier molecular flexibility index (Phi) is 3.10. The largest absolute Gasteiger partial charge is 0.478 e. The van der Waals surface area contributed by atoms with Crippen molar-refractivity contribution in [2.24, 2.45) is 0 Å². The van der Waals surface area contributed by atoms with Crippen molar-refractivity contribution >= 4 is 28.6 Å². The molecule has 4 heteroatoms. The van der Waals surface area contributed by atoms with Crippen molar-refractivity contribution < 1.29 is 9.90 Å². The molecule has 0 fully saturated rings. The number of thioether (sulfide) groups is 1. The minimum absolute atomic E-state index is 0.272. The third kappa shape index (κ3) is 2.02. The molecule has 1 N–H and O–H groups in total. The zero-order valence-corrected chi connectivity index (χ0v) is 9.62. The van der Waals surface area contributed by atoms with Crippen molar-refractivity contribution in [1.29, 1.82) is 0 Å². The predicted octanol–water partition coefficient (Wildman–Crippen LogP) is 3.05. The molecule has 16 heavy (non-hydrogen) atoms. The third-order valence-electron chi connectivity index (χ3n) is 2.22. The normalized spacial score (nSPS) is 10.6. The number of carbonyl (C=O) groups is 1. The zero-order valence-electron chi connectivity index (χ0n) is 8.80. The summed E-state index contributed by atoms with van der Waals surface area (Å²) in [6, 6.07) is 7.36. The lowest BCUT2D eigenvalue weighted by Gasteiger charge is -2.05. The Bertz CT molecular complexity index is 540. The number of aromatic carboxylic acids is 1. The van der Waals surface area contributed by atoms with Crippen LogP contribution in [0.5, 0.6) is 0 Å². The molecule has 0 aliphatic carbocycles. The third-order valence-corrected chi connectivity index (χ3v) is 3.08. The molecule has 0 atom stereocenters. The SMILES string of the molecule is CCSc1cc(C(=O)O)c2ncccc2c1. The van der Waals surface area contributed by atoms with Crippen molar-refractivity contribution in [3.8, 4) is 0 Å². The predicted molar refractivity (Wildman–Crippen MR) is 65.1 cm³/mol. The van der Waals surface area contributed by atoms with Crippen molar-refractivity contribution in [3.05, 3.63) is 36.0 Å². The van der Waals surface area contributed by atoms with E-state index in [9.17, 15) is 4.79 Å². The van der Waals surface area contributed by atoms with E-state index in [4.69, 9.17) is 5.11 Å². The van der Waals surface area contributed by atoms with Gasteiger partial charge in [-0.25, -0.2) is 4.79 Å². The van der Waals surface area contributed by atoms with E-state index >= 15 is 0 Å². The van der Waals surface area contributed by atoms with Crippen LogP contribution in [0.1, 0.15) is 17.3 Å². The maximum atomic E-state index is 11.1. The van der Waals surface area contributed by atoms with Gasteiger partial charge in [0.05, 0.1) is 11.1 Å². The average Bonchev–Trinajstić information content (AvgIpc) is 2.28. The number of nitrogens with zero attached hydrogens (tertiary/aromatic N) is 1. The van der Waals surface area contributed by atoms with E-state index in [1.165, 1.54) is 0 Å². The number of rotatable bonds is 3. The molecule has 0 bridgehead atoms. The molecular weight excluding hydrogens is 222 g/mol. The standard InChI is InChI=1S/C12H11NO2S/c1-2-16-9-6-8-4-3-5-13-11(8)10(7-9)12(14)15/h3-7H,2H2,1H3,(H,14,15). The number of benzene rings is 1. The van der Waals surface area contributed by atoms with Crippen LogP contribution in [0.15, 0.2) is 35.4 Å². The number of hydrogen-bond donors (Lipinski definition) is 1. The second-order valence-corrected chi connectivity index (χ2v) is 4.62. The quantitative estimate of drug-likeness (QED) is 0.828. The van der Waals surface area contributed by atoms with Crippen LogP contribution in [-0.2, 0) is 0 Å². The first-order chi connectivity index (χ1) is 7.72. The molecule has 1 aromatic heterocycles. The summed E-state index contributed by atoms with van der Waals surface area (Å²) in [4.78, 5) is 16.2. The molecule has 0 amide bonds. The number of fused-ring (bicyclic) bond motifs is 1. The summed E-state index contributed by atoms with van der Waals surface area (Å²) in [6.45, 7) is 2.04. The molecule has 0 saturated carbocycles. The van der Waals surface area contributed by atoms with Crippen LogP contribution in [0.3, 0.4) is 0 Å². The molecule has 0 aliphatic rings. The Morgan fingerprint density at radius 2 is 2.31 bits per heavy atom. The summed E-state index contributed by atoms with van der Waals surface area (Å²) in [5.41, 5.74) is 0.824. The Labute approximate surface area is 97.5 Å². The van der Waals surface area contributed by atoms with Crippen LogP contribution in [0.2, 0.25) is 0 Å². The highest BCUT2D eigenvalue weighted by atomic mass is 32.2. The zero-order chi connectivity index (χ0) is 11.5. The number of aromatic nitrogens is 1. The molecule has 0 saturated heterocycles. The van der Waals surface area contributed by atoms with Gasteiger partial charge in [0.2, 0.25) is 0 Å². The maximum absolute atomic E-state index is 11.1. The Morgan fingerprint density at radius 1 is 1.50 bits per heavy atom. The van der Waals surface area contributed by atoms with Crippen LogP contribution in [0, 0.1) is 0 Å². The second kappa shape index (κ2) is 4.53. The van der Waals surface area contributed by atoms with Gasteiger partial charge in [0.1, 0.15) is 0 Å². The smallest absolute Gasteiger partial charge is 0.337 e. The summed E-state index contributed by atoms with van der Waals surface area (Å²) >= 11 is 1.63. The van der Waals surface area contributed by atoms with E-state index in [2.05, 4.69) is 4.98 Å². The van der Waals surface area contributed by atoms with Crippen molar-refractivity contribution in [2.75, 3.05) is 5.75 Å². The van der Waals surface area contributed by atoms with Gasteiger partial charge in [-0.3, -0.25) is 4.98 Å². The van der Waals surface area contributed by atoms with E-state index in [1.807, 2.05) is 25.1 Å². The topological polar surface area (TPSA) is 50.2 Å². The van der Waals surface area contributed by atoms with Crippen molar-refractivity contribution in [3.63, 3.8) is 0 Å². The molecular formula is C12H11NO2S. The van der Waals surface area contributed by atoms with E-state index < -0.39 is 5.97 Å². The highest BCUT2D eigenvalue weighted by Crippen LogP contribution is 2.25. The van der Waals surface area contributed by atoms with Gasteiger partial charge in [0.25, 0.3) is 0 Å². The molecule has 82 valence electrons. The minimum atomic E-state index is -0.928. The molecule has 0 unspecified atom stereocenters. The van der Waals surface area contributed by atoms with Gasteiger partial charge in [0.15, 0.2) is 0 Å². The van der Waals surface area contributed by atoms with Gasteiger partial charge in [-0.1, -0.05) is 13.0 Å². The molecule has 2 aromatic rings. The van der Waals surface area contributed by atoms with Crippen LogP contribution in [0.25, 0.3) is 10.9 Å². The molecule has 3 nitrogen and oxygen atoms in total. The van der Waals surface area contributed by atoms with E-state index in [-0.39, 0.29) is 5.56 Å². The fourth-order valence-electron chi connectivity index (χ4n) is 1.58. The van der Waals surface area contributed by atoms with Crippen molar-refractivity contribution in [2.45, 2.75) is 11.8 Å². The number of carboxylic acids is 1. The van der Waals surface area contributed by atoms with Crippen LogP contribution in [0.4, 0.5) is 0 Å². The van der Waals surface area contributed by atoms with Gasteiger partial charge in [0, 0.05) is 16.5 Å². The molecule has 0 spiro atoms. The number of hydrogen-bond acceptors (Lipinski definition) is 3. The van der Waals surface area contributed by atoms with Gasteiger partial charge in [-0.2, -0.15) is 0 Å². The van der Waals surface area contributed by atoms with Gasteiger partial charge in [-0.15, -0.1) is 11.8 Å². The summed E-state index contributed by atoms with van der Waals surface area (Å²) < 4.78 is 0. The molecule has 2 rings (SSSR count). The van der Waals surface area contributed by atoms with Crippen LogP contribution >= 0.6 is 11.8 Å². The molecule has 0 aliphatic heterocycles. The first kappa shape index (κ1) is 11.0. The average molecular weight is 233 g/mol. The fraction of sp³-hybridized carbons (Fsp3) is 0.167. The van der Waals surface area contributed by atoms with Crippen LogP contribution in [-0.4, -0.2) is 21.8 Å². The maximum Gasteiger partial charge on any atom is 0.337 e. The van der Waals surface area contributed by atoms with E-state index in [1.54, 1.807) is 24.0 Å². The summed E-state index contributed by atoms with van der Waals surface area (Å²) in [5.74, 6) is -0.00701. The summed E-state index contributed by atoms with van der Waals surface area (Å²) in [7, 11) is 0. The highest BCUT2D eigenvalue weighted by Gasteiger charge is 2.11. The van der Waals surface area contributed by atoms with E-state index in [0.717, 1.165) is 16.0 Å². The summed E-state index contributed by atoms with van der Waals surface area (Å²) in [6.07, 6.45) is 1.61. The Morgan fingerprint density at radius 3 is 3.00 bits per heavy atom. The fourth-order valence-corrected chi connectivity index (χ4v) is 2.32. The Hall–Kier alpha value is -1.55. The van der Waals surface area contributed by atoms with E-state index in [0.29, 0.717) is 5.52 Å². The van der Waals surface area contributed by atoms with Gasteiger partial charge >= 0.3 is 5.97 Å². The number of pyridine rings is 1. The summed E-state index contributed by atoms with van der Waals surface area (Å²) in [5, 5.41) is 10.00. The Balaban J connectivity index is 2.68. The highest BCUT2D eigenvalue weighted by molar-refractivity contribution is 7.99. The first-order valence-corrected chi connectivity index (χ1v) is 5.96.